The molecule has 0 atom stereocenters. The summed E-state index contributed by atoms with van der Waals surface area (Å²) < 4.78 is 0. The minimum Gasteiger partial charge on any atom is -0.592 e. The van der Waals surface area contributed by atoms with Gasteiger partial charge in [-0.3, -0.25) is 0 Å². The van der Waals surface area contributed by atoms with Gasteiger partial charge in [0.05, 0.1) is 0 Å². The Morgan fingerprint density at radius 2 is 0.871 bits per heavy atom. The fourth-order valence-electron chi connectivity index (χ4n) is 2.21. The van der Waals surface area contributed by atoms with E-state index in [9.17, 15) is 0 Å². The number of aromatic nitrogens is 2. The predicted octanol–water partition coefficient (Wildman–Crippen LogP) is 3.58. The van der Waals surface area contributed by atoms with Crippen LogP contribution in [-0.2, 0) is 21.7 Å². The molecular formula is C24H34N2O4Ti+4. The second kappa shape index (κ2) is 15.3. The summed E-state index contributed by atoms with van der Waals surface area (Å²) in [7, 11) is 0. The molecule has 4 rings (SSSR count). The number of rotatable bonds is 0. The van der Waals surface area contributed by atoms with Crippen LogP contribution >= 0.6 is 0 Å². The van der Waals surface area contributed by atoms with Gasteiger partial charge >= 0.3 is 0 Å². The van der Waals surface area contributed by atoms with Crippen LogP contribution in [-0.4, -0.2) is 42.6 Å². The van der Waals surface area contributed by atoms with Gasteiger partial charge in [0.1, 0.15) is 12.2 Å². The monoisotopic (exact) mass is 462 g/mol. The third-order valence-corrected chi connectivity index (χ3v) is 3.27. The van der Waals surface area contributed by atoms with Crippen LogP contribution in [0.25, 0.3) is 21.8 Å². The Labute approximate surface area is 198 Å². The van der Waals surface area contributed by atoms with E-state index in [0.717, 1.165) is 21.8 Å². The number of hydrogen-bond acceptors (Lipinski definition) is 2. The van der Waals surface area contributed by atoms with Crippen molar-refractivity contribution < 1.29 is 42.1 Å². The molecule has 0 bridgehead atoms. The molecule has 6 nitrogen and oxygen atoms in total. The van der Waals surface area contributed by atoms with E-state index in [1.54, 1.807) is 24.5 Å². The zero-order chi connectivity index (χ0) is 22.5. The van der Waals surface area contributed by atoms with E-state index in [4.69, 9.17) is 20.4 Å². The van der Waals surface area contributed by atoms with Gasteiger partial charge in [0, 0.05) is 84.7 Å². The summed E-state index contributed by atoms with van der Waals surface area (Å²) in [5.41, 5.74) is 1.55. The zero-order valence-electron chi connectivity index (χ0n) is 18.5. The minimum atomic E-state index is 0. The van der Waals surface area contributed by atoms with Crippen LogP contribution in [0.1, 0.15) is 27.7 Å². The van der Waals surface area contributed by atoms with Crippen molar-refractivity contribution in [2.45, 2.75) is 39.9 Å². The molecule has 0 saturated heterocycles. The van der Waals surface area contributed by atoms with E-state index in [1.807, 2.05) is 76.2 Å². The molecule has 0 aliphatic carbocycles. The van der Waals surface area contributed by atoms with Gasteiger partial charge in [-0.2, -0.15) is 0 Å². The van der Waals surface area contributed by atoms with E-state index in [1.165, 1.54) is 0 Å². The molecule has 0 amide bonds. The molecule has 7 heteroatoms. The Balaban J connectivity index is 0.000000427. The summed E-state index contributed by atoms with van der Waals surface area (Å²) in [6, 6.07) is 18.8. The summed E-state index contributed by atoms with van der Waals surface area (Å²) in [6.07, 6.45) is 3.58. The molecule has 4 aromatic rings. The molecule has 31 heavy (non-hydrogen) atoms. The SMILES string of the molecule is CC(C)[OH2+].CC(C)[OH2+].[OH2+]c1cccc2cccnc12.[OH2+]c1cccc2cccnc12.[Ti]. The van der Waals surface area contributed by atoms with E-state index in [2.05, 4.69) is 9.97 Å². The third kappa shape index (κ3) is 11.5. The van der Waals surface area contributed by atoms with Crippen molar-refractivity contribution >= 4 is 21.8 Å². The summed E-state index contributed by atoms with van der Waals surface area (Å²) in [5.74, 6) is 0.978. The van der Waals surface area contributed by atoms with E-state index >= 15 is 0 Å². The van der Waals surface area contributed by atoms with Gasteiger partial charge in [0.15, 0.2) is 11.0 Å². The van der Waals surface area contributed by atoms with Crippen molar-refractivity contribution in [1.82, 2.24) is 9.97 Å². The van der Waals surface area contributed by atoms with Crippen LogP contribution in [0, 0.1) is 0 Å². The first-order chi connectivity index (χ1) is 14.2. The predicted molar refractivity (Wildman–Crippen MR) is 127 cm³/mol. The van der Waals surface area contributed by atoms with Gasteiger partial charge in [-0.05, 0) is 12.1 Å². The molecule has 8 N–H and O–H groups in total. The maximum Gasteiger partial charge on any atom is 0.280 e. The van der Waals surface area contributed by atoms with Crippen molar-refractivity contribution in [3.63, 3.8) is 0 Å². The molecule has 0 fully saturated rings. The zero-order valence-corrected chi connectivity index (χ0v) is 20.0. The minimum absolute atomic E-state index is 0. The molecule has 2 aromatic heterocycles. The van der Waals surface area contributed by atoms with Crippen molar-refractivity contribution in [3.05, 3.63) is 73.1 Å². The van der Waals surface area contributed by atoms with E-state index in [-0.39, 0.29) is 33.9 Å². The van der Waals surface area contributed by atoms with Gasteiger partial charge in [-0.15, -0.1) is 0 Å². The number of nitrogens with zero attached hydrogens (tertiary/aromatic N) is 2. The summed E-state index contributed by atoms with van der Waals surface area (Å²) in [6.45, 7) is 7.33. The first-order valence-corrected chi connectivity index (χ1v) is 9.75. The van der Waals surface area contributed by atoms with Crippen LogP contribution in [0.3, 0.4) is 0 Å². The van der Waals surface area contributed by atoms with Crippen molar-refractivity contribution in [2.75, 3.05) is 0 Å². The average molecular weight is 462 g/mol. The summed E-state index contributed by atoms with van der Waals surface area (Å²) >= 11 is 0. The van der Waals surface area contributed by atoms with Crippen LogP contribution in [0.15, 0.2) is 73.1 Å². The van der Waals surface area contributed by atoms with Gasteiger partial charge in [0.25, 0.3) is 11.5 Å². The van der Waals surface area contributed by atoms with Crippen molar-refractivity contribution in [3.8, 4) is 11.5 Å². The number of pyridine rings is 2. The van der Waals surface area contributed by atoms with Crippen LogP contribution < -0.4 is 0 Å². The fraction of sp³-hybridized carbons (Fsp3) is 0.250. The van der Waals surface area contributed by atoms with Gasteiger partial charge in [-0.1, -0.05) is 36.4 Å². The second-order valence-corrected chi connectivity index (χ2v) is 7.07. The number of hydrogen-bond donors (Lipinski definition) is 0. The Hall–Kier alpha value is -2.51. The molecule has 0 aliphatic rings. The van der Waals surface area contributed by atoms with E-state index < -0.39 is 0 Å². The quantitative estimate of drug-likeness (QED) is 0.293. The van der Waals surface area contributed by atoms with E-state index in [0.29, 0.717) is 11.5 Å². The number of fused-ring (bicyclic) bond motifs is 2. The van der Waals surface area contributed by atoms with Crippen LogP contribution in [0.4, 0.5) is 0 Å². The summed E-state index contributed by atoms with van der Waals surface area (Å²) in [5, 5.41) is 30.2. The molecule has 0 spiro atoms. The molecular weight excluding hydrogens is 428 g/mol. The topological polar surface area (TPSA) is 117 Å². The fourth-order valence-corrected chi connectivity index (χ4v) is 2.21. The molecule has 0 radical (unpaired) electrons. The molecule has 0 saturated carbocycles. The first kappa shape index (κ1) is 28.5. The number of benzene rings is 2. The Morgan fingerprint density at radius 3 is 1.16 bits per heavy atom. The van der Waals surface area contributed by atoms with Gasteiger partial charge < -0.3 is 20.4 Å². The largest absolute Gasteiger partial charge is 0.592 e. The normalized spacial score (nSPS) is 9.55. The Bertz CT molecular complexity index is 927. The van der Waals surface area contributed by atoms with Gasteiger partial charge in [-0.25, -0.2) is 9.97 Å². The third-order valence-electron chi connectivity index (χ3n) is 3.27. The van der Waals surface area contributed by atoms with Crippen molar-refractivity contribution in [2.24, 2.45) is 0 Å². The molecule has 164 valence electrons. The Morgan fingerprint density at radius 1 is 0.581 bits per heavy atom. The maximum absolute atomic E-state index is 7.50. The second-order valence-electron chi connectivity index (χ2n) is 7.07. The Kier molecular flexibility index (Phi) is 14.1. The average Bonchev–Trinajstić information content (AvgIpc) is 2.69. The van der Waals surface area contributed by atoms with Gasteiger partial charge in [0.2, 0.25) is 0 Å². The molecule has 2 heterocycles. The molecule has 0 unspecified atom stereocenters. The maximum atomic E-state index is 7.50. The number of para-hydroxylation sites is 2. The molecule has 2 aromatic carbocycles. The first-order valence-electron chi connectivity index (χ1n) is 9.75. The van der Waals surface area contributed by atoms with Crippen molar-refractivity contribution in [1.29, 1.82) is 0 Å². The van der Waals surface area contributed by atoms with Crippen LogP contribution in [0.2, 0.25) is 0 Å². The smallest absolute Gasteiger partial charge is 0.280 e. The summed E-state index contributed by atoms with van der Waals surface area (Å²) in [4.78, 5) is 8.19. The molecule has 0 aliphatic heterocycles. The van der Waals surface area contributed by atoms with Crippen LogP contribution in [0.5, 0.6) is 11.5 Å². The standard InChI is InChI=1S/2C9H7NO.2C3H8O.Ti/c2*11-8-5-1-3-7-4-2-6-10-9(7)8;2*1-3(2)4;/h2*1-6,11H;2*3-4H,1-2H3;/p+4.